The van der Waals surface area contributed by atoms with Gasteiger partial charge in [0.05, 0.1) is 6.54 Å². The quantitative estimate of drug-likeness (QED) is 0.512. The molecule has 0 aromatic heterocycles. The molecule has 1 heterocycles. The van der Waals surface area contributed by atoms with E-state index in [2.05, 4.69) is 20.9 Å². The van der Waals surface area contributed by atoms with E-state index in [0.717, 1.165) is 0 Å². The lowest BCUT2D eigenvalue weighted by molar-refractivity contribution is -0.143. The average Bonchev–Trinajstić information content (AvgIpc) is 2.79. The van der Waals surface area contributed by atoms with Gasteiger partial charge in [-0.2, -0.15) is 13.2 Å². The molecule has 6 nitrogen and oxygen atoms in total. The van der Waals surface area contributed by atoms with Crippen molar-refractivity contribution in [3.05, 3.63) is 0 Å². The van der Waals surface area contributed by atoms with Gasteiger partial charge in [0, 0.05) is 31.2 Å². The smallest absolute Gasteiger partial charge is 0.357 e. The summed E-state index contributed by atoms with van der Waals surface area (Å²) in [5.74, 6) is 0.241. The lowest BCUT2D eigenvalue weighted by Crippen LogP contribution is -2.46. The topological polar surface area (TPSA) is 68.8 Å². The standard InChI is InChI=1S/C15H28F3N5O/c1-5-19-13(20-8-12(24)22-14(2,3)4)21-11-6-7-23(9-11)10-15(16,17)18/h11H,5-10H2,1-4H3,(H,22,24)(H2,19,20,21). The van der Waals surface area contributed by atoms with Crippen molar-refractivity contribution < 1.29 is 18.0 Å². The highest BCUT2D eigenvalue weighted by Crippen LogP contribution is 2.19. The summed E-state index contributed by atoms with van der Waals surface area (Å²) in [4.78, 5) is 17.4. The highest BCUT2D eigenvalue weighted by Gasteiger charge is 2.34. The number of rotatable bonds is 5. The van der Waals surface area contributed by atoms with E-state index >= 15 is 0 Å². The van der Waals surface area contributed by atoms with E-state index in [0.29, 0.717) is 32.0 Å². The minimum absolute atomic E-state index is 0.0361. The summed E-state index contributed by atoms with van der Waals surface area (Å²) < 4.78 is 37.3. The number of amides is 1. The number of nitrogens with one attached hydrogen (secondary N) is 3. The van der Waals surface area contributed by atoms with Crippen LogP contribution in [0.2, 0.25) is 0 Å². The molecule has 1 amide bonds. The van der Waals surface area contributed by atoms with Crippen LogP contribution < -0.4 is 16.0 Å². The molecule has 24 heavy (non-hydrogen) atoms. The van der Waals surface area contributed by atoms with Crippen LogP contribution in [0.1, 0.15) is 34.1 Å². The molecule has 1 saturated heterocycles. The first kappa shape index (κ1) is 20.5. The summed E-state index contributed by atoms with van der Waals surface area (Å²) in [5.41, 5.74) is -0.331. The maximum absolute atomic E-state index is 12.4. The largest absolute Gasteiger partial charge is 0.401 e. The molecule has 0 bridgehead atoms. The first-order valence-corrected chi connectivity index (χ1v) is 8.13. The minimum atomic E-state index is -4.18. The highest BCUT2D eigenvalue weighted by atomic mass is 19.4. The molecule has 0 aromatic rings. The number of alkyl halides is 3. The van der Waals surface area contributed by atoms with Gasteiger partial charge in [-0.05, 0) is 34.1 Å². The zero-order valence-electron chi connectivity index (χ0n) is 14.8. The molecule has 0 saturated carbocycles. The van der Waals surface area contributed by atoms with Gasteiger partial charge >= 0.3 is 6.18 Å². The first-order chi connectivity index (χ1) is 11.0. The fourth-order valence-corrected chi connectivity index (χ4v) is 2.47. The van der Waals surface area contributed by atoms with Gasteiger partial charge in [-0.1, -0.05) is 0 Å². The average molecular weight is 351 g/mol. The molecular formula is C15H28F3N5O. The van der Waals surface area contributed by atoms with Crippen LogP contribution in [0.25, 0.3) is 0 Å². The Morgan fingerprint density at radius 2 is 1.96 bits per heavy atom. The fraction of sp³-hybridized carbons (Fsp3) is 0.867. The van der Waals surface area contributed by atoms with Gasteiger partial charge in [0.15, 0.2) is 5.96 Å². The van der Waals surface area contributed by atoms with Crippen LogP contribution >= 0.6 is 0 Å². The third kappa shape index (κ3) is 8.95. The number of nitrogens with zero attached hydrogens (tertiary/aromatic N) is 2. The maximum atomic E-state index is 12.4. The lowest BCUT2D eigenvalue weighted by atomic mass is 10.1. The Hall–Kier alpha value is -1.51. The molecule has 1 aliphatic heterocycles. The molecule has 1 rings (SSSR count). The third-order valence-corrected chi connectivity index (χ3v) is 3.26. The Bertz CT molecular complexity index is 445. The van der Waals surface area contributed by atoms with Gasteiger partial charge < -0.3 is 16.0 Å². The van der Waals surface area contributed by atoms with Gasteiger partial charge in [-0.25, -0.2) is 4.99 Å². The molecule has 3 N–H and O–H groups in total. The number of aliphatic imine (C=N–C) groups is 1. The maximum Gasteiger partial charge on any atom is 0.401 e. The summed E-state index contributed by atoms with van der Waals surface area (Å²) in [6.07, 6.45) is -3.58. The lowest BCUT2D eigenvalue weighted by Gasteiger charge is -2.21. The van der Waals surface area contributed by atoms with E-state index in [4.69, 9.17) is 0 Å². The van der Waals surface area contributed by atoms with Gasteiger partial charge in [0.1, 0.15) is 6.54 Å². The summed E-state index contributed by atoms with van der Waals surface area (Å²) in [7, 11) is 0. The van der Waals surface area contributed by atoms with E-state index in [-0.39, 0.29) is 24.0 Å². The van der Waals surface area contributed by atoms with Crippen LogP contribution in [0.15, 0.2) is 4.99 Å². The van der Waals surface area contributed by atoms with Gasteiger partial charge in [-0.3, -0.25) is 9.69 Å². The molecular weight excluding hydrogens is 323 g/mol. The Morgan fingerprint density at radius 3 is 2.50 bits per heavy atom. The normalized spacial score (nSPS) is 20.1. The summed E-state index contributed by atoms with van der Waals surface area (Å²) in [6.45, 7) is 7.89. The first-order valence-electron chi connectivity index (χ1n) is 8.13. The Kier molecular flexibility index (Phi) is 7.31. The molecule has 0 aromatic carbocycles. The molecule has 0 radical (unpaired) electrons. The number of carbonyl (C=O) groups is 1. The molecule has 1 fully saturated rings. The number of likely N-dealkylation sites (tertiary alicyclic amines) is 1. The zero-order chi connectivity index (χ0) is 18.4. The summed E-state index contributed by atoms with van der Waals surface area (Å²) >= 11 is 0. The van der Waals surface area contributed by atoms with Crippen LogP contribution in [0.4, 0.5) is 13.2 Å². The van der Waals surface area contributed by atoms with Gasteiger partial charge in [-0.15, -0.1) is 0 Å². The molecule has 1 atom stereocenters. The van der Waals surface area contributed by atoms with Crippen molar-refractivity contribution in [2.75, 3.05) is 32.7 Å². The minimum Gasteiger partial charge on any atom is -0.357 e. The summed E-state index contributed by atoms with van der Waals surface area (Å²) in [6, 6.07) is -0.115. The van der Waals surface area contributed by atoms with Crippen molar-refractivity contribution in [1.29, 1.82) is 0 Å². The van der Waals surface area contributed by atoms with Crippen LogP contribution in [-0.2, 0) is 4.79 Å². The molecule has 9 heteroatoms. The molecule has 1 aliphatic rings. The van der Waals surface area contributed by atoms with E-state index in [1.165, 1.54) is 4.90 Å². The number of guanidine groups is 1. The number of carbonyl (C=O) groups excluding carboxylic acids is 1. The second kappa shape index (κ2) is 8.55. The van der Waals surface area contributed by atoms with Crippen LogP contribution in [0, 0.1) is 0 Å². The Morgan fingerprint density at radius 1 is 1.29 bits per heavy atom. The van der Waals surface area contributed by atoms with E-state index in [1.54, 1.807) is 0 Å². The highest BCUT2D eigenvalue weighted by molar-refractivity contribution is 5.85. The monoisotopic (exact) mass is 351 g/mol. The van der Waals surface area contributed by atoms with E-state index in [9.17, 15) is 18.0 Å². The predicted octanol–water partition coefficient (Wildman–Crippen LogP) is 1.09. The van der Waals surface area contributed by atoms with Crippen LogP contribution in [0.5, 0.6) is 0 Å². The SMILES string of the molecule is CCNC(=NCC(=O)NC(C)(C)C)NC1CCN(CC(F)(F)F)C1. The zero-order valence-corrected chi connectivity index (χ0v) is 14.8. The van der Waals surface area contributed by atoms with Crippen LogP contribution in [0.3, 0.4) is 0 Å². The van der Waals surface area contributed by atoms with Crippen molar-refractivity contribution in [2.45, 2.75) is 51.9 Å². The van der Waals surface area contributed by atoms with Crippen molar-refractivity contribution in [3.8, 4) is 0 Å². The number of halogens is 3. The predicted molar refractivity (Wildman–Crippen MR) is 87.9 cm³/mol. The number of hydrogen-bond donors (Lipinski definition) is 3. The van der Waals surface area contributed by atoms with Crippen molar-refractivity contribution in [2.24, 2.45) is 4.99 Å². The molecule has 0 spiro atoms. The Labute approximate surface area is 141 Å². The van der Waals surface area contributed by atoms with E-state index in [1.807, 2.05) is 27.7 Å². The fourth-order valence-electron chi connectivity index (χ4n) is 2.47. The van der Waals surface area contributed by atoms with Gasteiger partial charge in [0.2, 0.25) is 5.91 Å². The van der Waals surface area contributed by atoms with Gasteiger partial charge in [0.25, 0.3) is 0 Å². The molecule has 1 unspecified atom stereocenters. The van der Waals surface area contributed by atoms with Crippen molar-refractivity contribution >= 4 is 11.9 Å². The Balaban J connectivity index is 2.51. The molecule has 140 valence electrons. The van der Waals surface area contributed by atoms with Crippen molar-refractivity contribution in [3.63, 3.8) is 0 Å². The van der Waals surface area contributed by atoms with Crippen LogP contribution in [-0.4, -0.2) is 67.2 Å². The summed E-state index contributed by atoms with van der Waals surface area (Å²) in [5, 5.41) is 8.92. The number of hydrogen-bond acceptors (Lipinski definition) is 3. The second-order valence-corrected chi connectivity index (χ2v) is 6.97. The van der Waals surface area contributed by atoms with E-state index < -0.39 is 12.7 Å². The van der Waals surface area contributed by atoms with Crippen molar-refractivity contribution in [1.82, 2.24) is 20.9 Å². The third-order valence-electron chi connectivity index (χ3n) is 3.26. The second-order valence-electron chi connectivity index (χ2n) is 6.97. The molecule has 0 aliphatic carbocycles.